The zero-order valence-electron chi connectivity index (χ0n) is 29.8. The molecule has 0 atom stereocenters. The SMILES string of the molecule is C.Cc1ccc(F)cc1OC1CCN(c2ccc(-n3ccnc3)nn2)CC1.Cc1nnc(-c2ccc(N3CCC(Oc4cc(F)ccc4C)CC3)nn2)o1. The van der Waals surface area contributed by atoms with Crippen molar-refractivity contribution < 1.29 is 22.7 Å². The minimum Gasteiger partial charge on any atom is -0.490 e. The summed E-state index contributed by atoms with van der Waals surface area (Å²) < 4.78 is 46.0. The second-order valence-corrected chi connectivity index (χ2v) is 13.1. The molecule has 8 rings (SSSR count). The lowest BCUT2D eigenvalue weighted by Crippen LogP contribution is -2.38. The first-order valence-electron chi connectivity index (χ1n) is 17.6. The quantitative estimate of drug-likeness (QED) is 0.157. The molecule has 2 aliphatic heterocycles. The number of imidazole rings is 1. The van der Waals surface area contributed by atoms with E-state index < -0.39 is 0 Å². The van der Waals surface area contributed by atoms with Gasteiger partial charge in [-0.15, -0.1) is 30.6 Å². The molecule has 0 N–H and O–H groups in total. The first-order valence-corrected chi connectivity index (χ1v) is 17.6. The Morgan fingerprint density at radius 2 is 1.15 bits per heavy atom. The van der Waals surface area contributed by atoms with E-state index in [1.165, 1.54) is 24.3 Å². The van der Waals surface area contributed by atoms with Crippen LogP contribution in [0.15, 0.2) is 83.8 Å². The second-order valence-electron chi connectivity index (χ2n) is 13.1. The molecule has 2 saturated heterocycles. The number of benzene rings is 2. The summed E-state index contributed by atoms with van der Waals surface area (Å²) in [6.45, 7) is 8.85. The highest BCUT2D eigenvalue weighted by molar-refractivity contribution is 5.49. The summed E-state index contributed by atoms with van der Waals surface area (Å²) in [6, 6.07) is 16.9. The van der Waals surface area contributed by atoms with Crippen molar-refractivity contribution in [2.75, 3.05) is 36.0 Å². The first kappa shape index (κ1) is 37.8. The lowest BCUT2D eigenvalue weighted by molar-refractivity contribution is 0.169. The Hall–Kier alpha value is -5.99. The maximum Gasteiger partial charge on any atom is 0.268 e. The molecule has 2 aliphatic rings. The van der Waals surface area contributed by atoms with E-state index in [0.29, 0.717) is 29.0 Å². The minimum absolute atomic E-state index is 0. The summed E-state index contributed by atoms with van der Waals surface area (Å²) >= 11 is 0. The number of rotatable bonds is 8. The highest BCUT2D eigenvalue weighted by Crippen LogP contribution is 2.27. The number of aryl methyl sites for hydroxylation is 3. The van der Waals surface area contributed by atoms with Crippen LogP contribution >= 0.6 is 0 Å². The van der Waals surface area contributed by atoms with Crippen LogP contribution in [-0.4, -0.2) is 78.5 Å². The third-order valence-electron chi connectivity index (χ3n) is 9.22. The zero-order chi connectivity index (χ0) is 36.7. The molecule has 0 radical (unpaired) electrons. The van der Waals surface area contributed by atoms with E-state index in [1.807, 2.05) is 48.9 Å². The van der Waals surface area contributed by atoms with Crippen molar-refractivity contribution in [3.63, 3.8) is 0 Å². The maximum atomic E-state index is 13.4. The van der Waals surface area contributed by atoms with Crippen LogP contribution in [0.5, 0.6) is 11.5 Å². The van der Waals surface area contributed by atoms with Crippen LogP contribution in [0.2, 0.25) is 0 Å². The fourth-order valence-corrected chi connectivity index (χ4v) is 6.19. The third-order valence-corrected chi connectivity index (χ3v) is 9.22. The molecule has 13 nitrogen and oxygen atoms in total. The van der Waals surface area contributed by atoms with E-state index in [1.54, 1.807) is 31.6 Å². The molecule has 6 heterocycles. The Labute approximate surface area is 313 Å². The van der Waals surface area contributed by atoms with Crippen LogP contribution in [0.1, 0.15) is 50.1 Å². The molecular weight excluding hydrogens is 694 g/mol. The molecule has 282 valence electrons. The number of aromatic nitrogens is 8. The van der Waals surface area contributed by atoms with E-state index in [4.69, 9.17) is 13.9 Å². The van der Waals surface area contributed by atoms with Gasteiger partial charge >= 0.3 is 0 Å². The van der Waals surface area contributed by atoms with Gasteiger partial charge in [-0.3, -0.25) is 4.57 Å². The number of hydrogen-bond acceptors (Lipinski definition) is 12. The van der Waals surface area contributed by atoms with Crippen molar-refractivity contribution in [3.8, 4) is 28.9 Å². The number of ether oxygens (including phenoxy) is 2. The lowest BCUT2D eigenvalue weighted by Gasteiger charge is -2.33. The van der Waals surface area contributed by atoms with E-state index in [9.17, 15) is 8.78 Å². The molecular formula is C39H44F2N10O3. The summed E-state index contributed by atoms with van der Waals surface area (Å²) in [7, 11) is 0. The summed E-state index contributed by atoms with van der Waals surface area (Å²) in [4.78, 5) is 8.37. The maximum absolute atomic E-state index is 13.4. The van der Waals surface area contributed by atoms with E-state index in [2.05, 4.69) is 45.4 Å². The van der Waals surface area contributed by atoms with Crippen molar-refractivity contribution in [3.05, 3.63) is 108 Å². The topological polar surface area (TPSA) is 133 Å². The predicted molar refractivity (Wildman–Crippen MR) is 200 cm³/mol. The normalized spacial score (nSPS) is 14.9. The molecule has 15 heteroatoms. The first-order chi connectivity index (χ1) is 25.8. The summed E-state index contributed by atoms with van der Waals surface area (Å²) in [5.74, 6) is 3.96. The van der Waals surface area contributed by atoms with Gasteiger partial charge in [0.05, 0.1) is 0 Å². The highest BCUT2D eigenvalue weighted by Gasteiger charge is 2.24. The van der Waals surface area contributed by atoms with Gasteiger partial charge in [-0.2, -0.15) is 0 Å². The van der Waals surface area contributed by atoms with E-state index in [0.717, 1.165) is 80.4 Å². The molecule has 54 heavy (non-hydrogen) atoms. The van der Waals surface area contributed by atoms with Gasteiger partial charge in [-0.05, 0) is 61.4 Å². The zero-order valence-corrected chi connectivity index (χ0v) is 29.8. The van der Waals surface area contributed by atoms with Crippen LogP contribution in [0, 0.1) is 32.4 Å². The van der Waals surface area contributed by atoms with Crippen LogP contribution in [-0.2, 0) is 0 Å². The Morgan fingerprint density at radius 3 is 1.59 bits per heavy atom. The smallest absolute Gasteiger partial charge is 0.268 e. The molecule has 0 spiro atoms. The summed E-state index contributed by atoms with van der Waals surface area (Å²) in [6.07, 6.45) is 8.79. The molecule has 2 fully saturated rings. The predicted octanol–water partition coefficient (Wildman–Crippen LogP) is 7.12. The van der Waals surface area contributed by atoms with E-state index >= 15 is 0 Å². The molecule has 4 aromatic heterocycles. The van der Waals surface area contributed by atoms with Gasteiger partial charge in [0.2, 0.25) is 5.89 Å². The van der Waals surface area contributed by atoms with E-state index in [-0.39, 0.29) is 31.3 Å². The molecule has 2 aromatic carbocycles. The standard InChI is InChI=1S/C19H20FN5O2.C19H20FN5O.CH4/c1-12-3-4-14(20)11-17(12)27-15-7-9-25(10-8-15)18-6-5-16(22-23-18)19-24-21-13(2)26-19;1-14-2-3-15(20)12-17(14)26-16-6-9-24(10-7-16)18-4-5-19(23-22-18)25-11-8-21-13-25;/h3-6,11,15H,7-10H2,1-2H3;2-5,8,11-13,16H,6-7,9-10H2,1H3;1H4. The lowest BCUT2D eigenvalue weighted by atomic mass is 10.1. The van der Waals surface area contributed by atoms with Crippen molar-refractivity contribution in [2.45, 2.75) is 66.1 Å². The van der Waals surface area contributed by atoms with Crippen LogP contribution in [0.25, 0.3) is 17.4 Å². The largest absolute Gasteiger partial charge is 0.490 e. The number of piperidine rings is 2. The van der Waals surface area contributed by atoms with Crippen molar-refractivity contribution >= 4 is 11.6 Å². The molecule has 6 aromatic rings. The Morgan fingerprint density at radius 1 is 0.630 bits per heavy atom. The average Bonchev–Trinajstić information content (AvgIpc) is 3.89. The summed E-state index contributed by atoms with van der Waals surface area (Å²) in [5, 5.41) is 24.8. The van der Waals surface area contributed by atoms with Crippen molar-refractivity contribution in [1.29, 1.82) is 0 Å². The minimum atomic E-state index is -0.278. The molecule has 0 aliphatic carbocycles. The summed E-state index contributed by atoms with van der Waals surface area (Å²) in [5.41, 5.74) is 2.45. The molecule has 0 amide bonds. The molecule has 0 bridgehead atoms. The average molecular weight is 739 g/mol. The van der Waals surface area contributed by atoms with Gasteiger partial charge in [0, 0.05) is 83.3 Å². The Balaban J connectivity index is 0.000000181. The van der Waals surface area contributed by atoms with Gasteiger partial charge in [0.15, 0.2) is 17.5 Å². The van der Waals surface area contributed by atoms with Crippen molar-refractivity contribution in [1.82, 2.24) is 40.1 Å². The van der Waals surface area contributed by atoms with Crippen LogP contribution < -0.4 is 19.3 Å². The Kier molecular flexibility index (Phi) is 12.0. The van der Waals surface area contributed by atoms with Crippen molar-refractivity contribution in [2.24, 2.45) is 0 Å². The van der Waals surface area contributed by atoms with Gasteiger partial charge in [0.25, 0.3) is 5.89 Å². The Bertz CT molecular complexity index is 2080. The number of anilines is 2. The fourth-order valence-electron chi connectivity index (χ4n) is 6.19. The van der Waals surface area contributed by atoms with Crippen LogP contribution in [0.4, 0.5) is 20.4 Å². The van der Waals surface area contributed by atoms with Gasteiger partial charge in [0.1, 0.15) is 47.4 Å². The van der Waals surface area contributed by atoms with Gasteiger partial charge < -0.3 is 23.7 Å². The number of nitrogens with zero attached hydrogens (tertiary/aromatic N) is 10. The second kappa shape index (κ2) is 17.2. The monoisotopic (exact) mass is 738 g/mol. The number of halogens is 2. The highest BCUT2D eigenvalue weighted by atomic mass is 19.1. The molecule has 0 unspecified atom stereocenters. The fraction of sp³-hybridized carbons (Fsp3) is 0.359. The number of hydrogen-bond donors (Lipinski definition) is 0. The third kappa shape index (κ3) is 9.32. The van der Waals surface area contributed by atoms with Crippen LogP contribution in [0.3, 0.4) is 0 Å². The molecule has 0 saturated carbocycles. The van der Waals surface area contributed by atoms with Gasteiger partial charge in [-0.1, -0.05) is 19.6 Å². The van der Waals surface area contributed by atoms with Gasteiger partial charge in [-0.25, -0.2) is 13.8 Å².